The number of rotatable bonds is 6. The van der Waals surface area contributed by atoms with Crippen LogP contribution >= 0.6 is 0 Å². The van der Waals surface area contributed by atoms with E-state index >= 15 is 0 Å². The van der Waals surface area contributed by atoms with Crippen molar-refractivity contribution < 1.29 is 4.79 Å². The number of hydrogen-bond donors (Lipinski definition) is 0. The maximum Gasteiger partial charge on any atom is 0.157 e. The van der Waals surface area contributed by atoms with Gasteiger partial charge in [-0.15, -0.1) is 0 Å². The van der Waals surface area contributed by atoms with Gasteiger partial charge in [0.1, 0.15) is 0 Å². The van der Waals surface area contributed by atoms with E-state index in [-0.39, 0.29) is 11.7 Å². The molecule has 2 aromatic rings. The van der Waals surface area contributed by atoms with Crippen molar-refractivity contribution in [2.75, 3.05) is 6.54 Å². The number of hydrogen-bond acceptors (Lipinski definition) is 2. The van der Waals surface area contributed by atoms with Crippen LogP contribution in [0.25, 0.3) is 0 Å². The maximum absolute atomic E-state index is 12.2. The Kier molecular flexibility index (Phi) is 4.47. The monoisotopic (exact) mass is 291 g/mol. The van der Waals surface area contributed by atoms with Gasteiger partial charge in [0.2, 0.25) is 0 Å². The molecule has 1 fully saturated rings. The third-order valence-corrected chi connectivity index (χ3v) is 4.35. The minimum Gasteiger partial charge on any atom is -0.297 e. The second kappa shape index (κ2) is 6.69. The molecule has 1 aliphatic carbocycles. The standard InChI is InChI=1S/C20H21NO/c1-2-15-13-18(15)19(22)14-21-20(16-9-5-3-6-10-16)17-11-7-4-8-12-17/h3-12,15,18H,2,13-14H2,1H3/t15-,18?/m0/s1. The molecular weight excluding hydrogens is 270 g/mol. The first-order valence-electron chi connectivity index (χ1n) is 7.97. The first-order valence-corrected chi connectivity index (χ1v) is 7.97. The van der Waals surface area contributed by atoms with Crippen LogP contribution in [0.3, 0.4) is 0 Å². The highest BCUT2D eigenvalue weighted by Gasteiger charge is 2.40. The molecule has 1 saturated carbocycles. The number of ketones is 1. The Morgan fingerprint density at radius 3 is 2.00 bits per heavy atom. The Bertz CT molecular complexity index is 619. The molecule has 0 spiro atoms. The molecule has 0 radical (unpaired) electrons. The molecule has 0 amide bonds. The van der Waals surface area contributed by atoms with Gasteiger partial charge in [-0.2, -0.15) is 0 Å². The number of benzene rings is 2. The fraction of sp³-hybridized carbons (Fsp3) is 0.300. The lowest BCUT2D eigenvalue weighted by Gasteiger charge is -2.07. The minimum absolute atomic E-state index is 0.251. The van der Waals surface area contributed by atoms with E-state index < -0.39 is 0 Å². The summed E-state index contributed by atoms with van der Waals surface area (Å²) in [5.41, 5.74) is 3.02. The largest absolute Gasteiger partial charge is 0.297 e. The second-order valence-corrected chi connectivity index (χ2v) is 5.87. The predicted molar refractivity (Wildman–Crippen MR) is 90.3 cm³/mol. The first-order chi connectivity index (χ1) is 10.8. The van der Waals surface area contributed by atoms with Gasteiger partial charge in [-0.1, -0.05) is 74.0 Å². The molecule has 0 saturated heterocycles. The summed E-state index contributed by atoms with van der Waals surface area (Å²) < 4.78 is 0. The molecule has 0 N–H and O–H groups in total. The molecule has 0 aliphatic heterocycles. The normalized spacial score (nSPS) is 19.5. The van der Waals surface area contributed by atoms with Gasteiger partial charge < -0.3 is 0 Å². The van der Waals surface area contributed by atoms with Gasteiger partial charge in [0.25, 0.3) is 0 Å². The summed E-state index contributed by atoms with van der Waals surface area (Å²) in [4.78, 5) is 16.9. The number of carbonyl (C=O) groups is 1. The highest BCUT2D eigenvalue weighted by Crippen LogP contribution is 2.41. The molecule has 2 aromatic carbocycles. The predicted octanol–water partition coefficient (Wildman–Crippen LogP) is 4.14. The van der Waals surface area contributed by atoms with E-state index in [1.54, 1.807) is 0 Å². The summed E-state index contributed by atoms with van der Waals surface area (Å²) in [7, 11) is 0. The lowest BCUT2D eigenvalue weighted by Crippen LogP contribution is -2.11. The Balaban J connectivity index is 1.83. The van der Waals surface area contributed by atoms with Crippen LogP contribution in [0, 0.1) is 11.8 Å². The minimum atomic E-state index is 0.251. The van der Waals surface area contributed by atoms with Gasteiger partial charge >= 0.3 is 0 Å². The van der Waals surface area contributed by atoms with E-state index in [0.29, 0.717) is 12.5 Å². The molecule has 1 aliphatic rings. The Morgan fingerprint density at radius 2 is 1.55 bits per heavy atom. The zero-order chi connectivity index (χ0) is 15.4. The number of aliphatic imine (C=N–C) groups is 1. The zero-order valence-electron chi connectivity index (χ0n) is 12.9. The highest BCUT2D eigenvalue weighted by atomic mass is 16.1. The SMILES string of the molecule is CC[C@H]1CC1C(=O)CN=C(c1ccccc1)c1ccccc1. The average molecular weight is 291 g/mol. The number of nitrogens with zero attached hydrogens (tertiary/aromatic N) is 1. The molecule has 2 atom stereocenters. The molecule has 112 valence electrons. The fourth-order valence-electron chi connectivity index (χ4n) is 2.91. The van der Waals surface area contributed by atoms with E-state index in [4.69, 9.17) is 0 Å². The van der Waals surface area contributed by atoms with Crippen molar-refractivity contribution in [2.24, 2.45) is 16.8 Å². The molecule has 3 rings (SSSR count). The fourth-order valence-corrected chi connectivity index (χ4v) is 2.91. The molecule has 0 bridgehead atoms. The maximum atomic E-state index is 12.2. The van der Waals surface area contributed by atoms with Crippen LogP contribution in [-0.2, 0) is 4.79 Å². The topological polar surface area (TPSA) is 29.4 Å². The van der Waals surface area contributed by atoms with Crippen LogP contribution in [0.4, 0.5) is 0 Å². The molecular formula is C20H21NO. The third kappa shape index (κ3) is 3.33. The Labute approximate surface area is 131 Å². The van der Waals surface area contributed by atoms with Crippen molar-refractivity contribution in [1.82, 2.24) is 0 Å². The number of carbonyl (C=O) groups excluding carboxylic acids is 1. The van der Waals surface area contributed by atoms with E-state index in [1.807, 2.05) is 60.7 Å². The van der Waals surface area contributed by atoms with Crippen LogP contribution < -0.4 is 0 Å². The van der Waals surface area contributed by atoms with E-state index in [1.165, 1.54) is 0 Å². The van der Waals surface area contributed by atoms with Crippen molar-refractivity contribution in [3.8, 4) is 0 Å². The average Bonchev–Trinajstić information content (AvgIpc) is 3.37. The third-order valence-electron chi connectivity index (χ3n) is 4.35. The van der Waals surface area contributed by atoms with Gasteiger partial charge in [-0.25, -0.2) is 0 Å². The Morgan fingerprint density at radius 1 is 1.00 bits per heavy atom. The Hall–Kier alpha value is -2.22. The van der Waals surface area contributed by atoms with E-state index in [0.717, 1.165) is 29.7 Å². The van der Waals surface area contributed by atoms with Crippen LogP contribution in [-0.4, -0.2) is 18.0 Å². The van der Waals surface area contributed by atoms with E-state index in [2.05, 4.69) is 11.9 Å². The second-order valence-electron chi connectivity index (χ2n) is 5.87. The molecule has 1 unspecified atom stereocenters. The van der Waals surface area contributed by atoms with Gasteiger partial charge in [-0.05, 0) is 12.3 Å². The van der Waals surface area contributed by atoms with Crippen LogP contribution in [0.2, 0.25) is 0 Å². The van der Waals surface area contributed by atoms with Crippen molar-refractivity contribution in [1.29, 1.82) is 0 Å². The summed E-state index contributed by atoms with van der Waals surface area (Å²) in [6.45, 7) is 2.45. The lowest BCUT2D eigenvalue weighted by molar-refractivity contribution is -0.119. The smallest absolute Gasteiger partial charge is 0.157 e. The first kappa shape index (κ1) is 14.7. The van der Waals surface area contributed by atoms with Crippen molar-refractivity contribution in [3.63, 3.8) is 0 Å². The molecule has 0 heterocycles. The van der Waals surface area contributed by atoms with Gasteiger partial charge in [0.15, 0.2) is 5.78 Å². The van der Waals surface area contributed by atoms with Crippen molar-refractivity contribution in [2.45, 2.75) is 19.8 Å². The molecule has 2 nitrogen and oxygen atoms in total. The molecule has 2 heteroatoms. The highest BCUT2D eigenvalue weighted by molar-refractivity contribution is 6.13. The summed E-state index contributed by atoms with van der Waals surface area (Å²) in [5.74, 6) is 1.14. The molecule has 0 aromatic heterocycles. The molecule has 22 heavy (non-hydrogen) atoms. The quantitative estimate of drug-likeness (QED) is 0.735. The van der Waals surface area contributed by atoms with Gasteiger partial charge in [-0.3, -0.25) is 9.79 Å². The van der Waals surface area contributed by atoms with Crippen molar-refractivity contribution >= 4 is 11.5 Å². The number of Topliss-reactive ketones (excluding diaryl/α,β-unsaturated/α-hetero) is 1. The zero-order valence-corrected chi connectivity index (χ0v) is 12.9. The van der Waals surface area contributed by atoms with E-state index in [9.17, 15) is 4.79 Å². The lowest BCUT2D eigenvalue weighted by atomic mass is 10.0. The van der Waals surface area contributed by atoms with Gasteiger partial charge in [0, 0.05) is 17.0 Å². The van der Waals surface area contributed by atoms with Crippen LogP contribution in [0.15, 0.2) is 65.7 Å². The van der Waals surface area contributed by atoms with Gasteiger partial charge in [0.05, 0.1) is 12.3 Å². The van der Waals surface area contributed by atoms with Crippen LogP contribution in [0.1, 0.15) is 30.9 Å². The summed E-state index contributed by atoms with van der Waals surface area (Å²) in [6.07, 6.45) is 2.15. The summed E-state index contributed by atoms with van der Waals surface area (Å²) >= 11 is 0. The van der Waals surface area contributed by atoms with Crippen LogP contribution in [0.5, 0.6) is 0 Å². The summed E-state index contributed by atoms with van der Waals surface area (Å²) in [5, 5.41) is 0. The van der Waals surface area contributed by atoms with Crippen molar-refractivity contribution in [3.05, 3.63) is 71.8 Å². The summed E-state index contributed by atoms with van der Waals surface area (Å²) in [6, 6.07) is 20.2.